The molecule has 0 bridgehead atoms. The highest BCUT2D eigenvalue weighted by Crippen LogP contribution is 2.29. The topological polar surface area (TPSA) is 45.2 Å². The first kappa shape index (κ1) is 22.5. The van der Waals surface area contributed by atoms with Crippen molar-refractivity contribution < 1.29 is 4.79 Å². The quantitative estimate of drug-likeness (QED) is 0.497. The van der Waals surface area contributed by atoms with Gasteiger partial charge in [-0.15, -0.1) is 0 Å². The number of hydrogen-bond acceptors (Lipinski definition) is 3. The monoisotopic (exact) mass is 429 g/mol. The number of amides is 1. The zero-order chi connectivity index (χ0) is 22.5. The van der Waals surface area contributed by atoms with Crippen molar-refractivity contribution in [2.24, 2.45) is 5.92 Å². The third kappa shape index (κ3) is 5.36. The van der Waals surface area contributed by atoms with Gasteiger partial charge in [0.05, 0.1) is 11.1 Å². The van der Waals surface area contributed by atoms with E-state index < -0.39 is 0 Å². The third-order valence-electron chi connectivity index (χ3n) is 6.40. The summed E-state index contributed by atoms with van der Waals surface area (Å²) in [6.07, 6.45) is 4.22. The highest BCUT2D eigenvalue weighted by atomic mass is 16.1. The minimum atomic E-state index is 0.0402. The molecule has 2 aromatic carbocycles. The molecule has 2 heterocycles. The lowest BCUT2D eigenvalue weighted by Crippen LogP contribution is -2.36. The minimum Gasteiger partial charge on any atom is -0.350 e. The molecule has 0 saturated heterocycles. The van der Waals surface area contributed by atoms with Crippen molar-refractivity contribution in [2.75, 3.05) is 6.54 Å². The molecule has 1 N–H and O–H groups in total. The molecule has 168 valence electrons. The van der Waals surface area contributed by atoms with E-state index in [4.69, 9.17) is 4.98 Å². The van der Waals surface area contributed by atoms with Gasteiger partial charge in [0.15, 0.2) is 0 Å². The van der Waals surface area contributed by atoms with E-state index in [0.29, 0.717) is 5.92 Å². The predicted octanol–water partition coefficient (Wildman–Crippen LogP) is 5.74. The Hall–Kier alpha value is -2.72. The fourth-order valence-electron chi connectivity index (χ4n) is 4.68. The summed E-state index contributed by atoms with van der Waals surface area (Å²) < 4.78 is 0. The Balaban J connectivity index is 1.59. The summed E-state index contributed by atoms with van der Waals surface area (Å²) in [5, 5.41) is 4.25. The number of para-hydroxylation sites is 1. The molecule has 0 spiro atoms. The number of hydrogen-bond donors (Lipinski definition) is 1. The van der Waals surface area contributed by atoms with Gasteiger partial charge in [-0.2, -0.15) is 0 Å². The lowest BCUT2D eigenvalue weighted by Gasteiger charge is -2.30. The molecular formula is C28H35N3O. The Kier molecular flexibility index (Phi) is 7.21. The third-order valence-corrected chi connectivity index (χ3v) is 6.40. The van der Waals surface area contributed by atoms with E-state index >= 15 is 0 Å². The van der Waals surface area contributed by atoms with E-state index in [-0.39, 0.29) is 11.9 Å². The van der Waals surface area contributed by atoms with Gasteiger partial charge < -0.3 is 5.32 Å². The average Bonchev–Trinajstić information content (AvgIpc) is 2.78. The maximum absolute atomic E-state index is 13.5. The Morgan fingerprint density at radius 2 is 1.78 bits per heavy atom. The number of nitrogens with zero attached hydrogens (tertiary/aromatic N) is 2. The smallest absolute Gasteiger partial charge is 0.252 e. The van der Waals surface area contributed by atoms with Gasteiger partial charge in [0.25, 0.3) is 5.91 Å². The molecule has 0 unspecified atom stereocenters. The normalized spacial score (nSPS) is 15.0. The largest absolute Gasteiger partial charge is 0.350 e. The van der Waals surface area contributed by atoms with Crippen LogP contribution in [0.1, 0.15) is 67.2 Å². The molecule has 3 aromatic rings. The number of fused-ring (bicyclic) bond motifs is 2. The van der Waals surface area contributed by atoms with Gasteiger partial charge in [0.2, 0.25) is 0 Å². The minimum absolute atomic E-state index is 0.0402. The van der Waals surface area contributed by atoms with Gasteiger partial charge in [-0.3, -0.25) is 14.7 Å². The second-order valence-corrected chi connectivity index (χ2v) is 9.57. The molecule has 4 rings (SSSR count). The van der Waals surface area contributed by atoms with E-state index in [0.717, 1.165) is 66.6 Å². The zero-order valence-electron chi connectivity index (χ0n) is 19.6. The van der Waals surface area contributed by atoms with Crippen LogP contribution in [0.5, 0.6) is 0 Å². The van der Waals surface area contributed by atoms with Crippen LogP contribution in [-0.4, -0.2) is 28.4 Å². The first-order valence-electron chi connectivity index (χ1n) is 12.0. The molecule has 1 atom stereocenters. The van der Waals surface area contributed by atoms with Gasteiger partial charge in [0.1, 0.15) is 0 Å². The highest BCUT2D eigenvalue weighted by molar-refractivity contribution is 6.07. The molecular weight excluding hydrogens is 394 g/mol. The van der Waals surface area contributed by atoms with Crippen molar-refractivity contribution >= 4 is 16.8 Å². The van der Waals surface area contributed by atoms with Crippen LogP contribution in [0.15, 0.2) is 54.6 Å². The second kappa shape index (κ2) is 10.3. The number of carbonyl (C=O) groups excluding carboxylic acids is 1. The fourth-order valence-corrected chi connectivity index (χ4v) is 4.68. The lowest BCUT2D eigenvalue weighted by atomic mass is 9.94. The summed E-state index contributed by atoms with van der Waals surface area (Å²) in [6, 6.07) is 18.8. The van der Waals surface area contributed by atoms with Crippen molar-refractivity contribution in [3.8, 4) is 0 Å². The molecule has 32 heavy (non-hydrogen) atoms. The van der Waals surface area contributed by atoms with Crippen molar-refractivity contribution in [1.82, 2.24) is 15.2 Å². The Morgan fingerprint density at radius 1 is 1.03 bits per heavy atom. The van der Waals surface area contributed by atoms with Crippen LogP contribution in [0.3, 0.4) is 0 Å². The van der Waals surface area contributed by atoms with E-state index in [2.05, 4.69) is 61.3 Å². The Morgan fingerprint density at radius 3 is 2.56 bits per heavy atom. The van der Waals surface area contributed by atoms with Gasteiger partial charge in [-0.1, -0.05) is 75.2 Å². The first-order valence-corrected chi connectivity index (χ1v) is 12.0. The van der Waals surface area contributed by atoms with E-state index in [9.17, 15) is 4.79 Å². The number of aromatic nitrogens is 1. The molecule has 4 heteroatoms. The van der Waals surface area contributed by atoms with E-state index in [1.807, 2.05) is 24.3 Å². The van der Waals surface area contributed by atoms with Gasteiger partial charge >= 0.3 is 0 Å². The summed E-state index contributed by atoms with van der Waals surface area (Å²) in [5.74, 6) is 0.739. The van der Waals surface area contributed by atoms with Gasteiger partial charge in [-0.05, 0) is 30.9 Å². The summed E-state index contributed by atoms with van der Waals surface area (Å²) >= 11 is 0. The SMILES string of the molecule is CC(C)CCC[C@@H](C)NC(=O)c1c2c(nc3ccccc13)CCN(Cc1ccccc1)C2. The maximum Gasteiger partial charge on any atom is 0.252 e. The number of rotatable bonds is 8. The number of pyridine rings is 1. The van der Waals surface area contributed by atoms with Crippen molar-refractivity contribution in [1.29, 1.82) is 0 Å². The standard InChI is InChI=1S/C28H35N3O/c1-20(2)10-9-11-21(3)29-28(32)27-23-14-7-8-15-25(23)30-26-16-17-31(19-24(26)27)18-22-12-5-4-6-13-22/h4-8,12-15,20-21H,9-11,16-19H2,1-3H3,(H,29,32)/t21-/m1/s1. The predicted molar refractivity (Wildman–Crippen MR) is 132 cm³/mol. The molecule has 1 aliphatic rings. The van der Waals surface area contributed by atoms with Crippen LogP contribution in [0.25, 0.3) is 10.9 Å². The van der Waals surface area contributed by atoms with Crippen molar-refractivity contribution in [3.63, 3.8) is 0 Å². The Bertz CT molecular complexity index is 1060. The second-order valence-electron chi connectivity index (χ2n) is 9.57. The molecule has 4 nitrogen and oxygen atoms in total. The summed E-state index contributed by atoms with van der Waals surface area (Å²) in [7, 11) is 0. The molecule has 0 radical (unpaired) electrons. The zero-order valence-corrected chi connectivity index (χ0v) is 19.6. The first-order chi connectivity index (χ1) is 15.5. The highest BCUT2D eigenvalue weighted by Gasteiger charge is 2.26. The van der Waals surface area contributed by atoms with E-state index in [1.54, 1.807) is 0 Å². The number of carbonyl (C=O) groups is 1. The number of benzene rings is 2. The molecule has 1 aromatic heterocycles. The fraction of sp³-hybridized carbons (Fsp3) is 0.429. The van der Waals surface area contributed by atoms with Crippen LogP contribution in [0.4, 0.5) is 0 Å². The summed E-state index contributed by atoms with van der Waals surface area (Å²) in [4.78, 5) is 20.9. The molecule has 0 saturated carbocycles. The maximum atomic E-state index is 13.5. The summed E-state index contributed by atoms with van der Waals surface area (Å²) in [6.45, 7) is 9.22. The van der Waals surface area contributed by atoms with Crippen LogP contribution < -0.4 is 5.32 Å². The molecule has 1 amide bonds. The summed E-state index contributed by atoms with van der Waals surface area (Å²) in [5.41, 5.74) is 5.21. The van der Waals surface area contributed by atoms with Crippen LogP contribution >= 0.6 is 0 Å². The van der Waals surface area contributed by atoms with Crippen LogP contribution in [-0.2, 0) is 19.5 Å². The molecule has 0 fully saturated rings. The average molecular weight is 430 g/mol. The van der Waals surface area contributed by atoms with Gasteiger partial charge in [0, 0.05) is 48.7 Å². The number of nitrogens with one attached hydrogen (secondary N) is 1. The Labute approximate surface area is 192 Å². The van der Waals surface area contributed by atoms with Crippen LogP contribution in [0.2, 0.25) is 0 Å². The molecule has 0 aliphatic carbocycles. The lowest BCUT2D eigenvalue weighted by molar-refractivity contribution is 0.0936. The van der Waals surface area contributed by atoms with Crippen molar-refractivity contribution in [2.45, 2.75) is 65.6 Å². The van der Waals surface area contributed by atoms with E-state index in [1.165, 1.54) is 12.0 Å². The van der Waals surface area contributed by atoms with Gasteiger partial charge in [-0.25, -0.2) is 0 Å². The van der Waals surface area contributed by atoms with Crippen molar-refractivity contribution in [3.05, 3.63) is 77.0 Å². The van der Waals surface area contributed by atoms with Crippen LogP contribution in [0, 0.1) is 5.92 Å². The molecule has 1 aliphatic heterocycles.